The number of ether oxygens (including phenoxy) is 2. The number of carbonyl (C=O) groups excluding carboxylic acids is 2. The third-order valence-corrected chi connectivity index (χ3v) is 15.0. The number of esters is 2. The predicted molar refractivity (Wildman–Crippen MR) is 403 cm³/mol. The fraction of sp³-hybridized carbons (Fsp3) is 0.518. The zero-order valence-corrected chi connectivity index (χ0v) is 59.0. The van der Waals surface area contributed by atoms with Crippen LogP contribution in [0.5, 0.6) is 0 Å². The van der Waals surface area contributed by atoms with Gasteiger partial charge in [-0.05, 0) is 161 Å². The highest BCUT2D eigenvalue weighted by Crippen LogP contribution is 2.43. The van der Waals surface area contributed by atoms with Crippen LogP contribution in [0, 0.1) is 0 Å². The largest absolute Gasteiger partial charge is 0.472 e. The topological polar surface area (TPSA) is 134 Å². The van der Waals surface area contributed by atoms with Gasteiger partial charge >= 0.3 is 19.8 Å². The van der Waals surface area contributed by atoms with Gasteiger partial charge in [-0.25, -0.2) is 4.57 Å². The van der Waals surface area contributed by atoms with E-state index in [1.807, 2.05) is 0 Å². The molecule has 0 aromatic carbocycles. The molecule has 0 saturated heterocycles. The second-order valence-electron chi connectivity index (χ2n) is 22.6. The van der Waals surface area contributed by atoms with Crippen LogP contribution in [-0.2, 0) is 32.7 Å². The minimum atomic E-state index is -4.42. The summed E-state index contributed by atoms with van der Waals surface area (Å²) < 4.78 is 33.1. The predicted octanol–water partition coefficient (Wildman–Crippen LogP) is 24.2. The zero-order valence-electron chi connectivity index (χ0n) is 58.1. The van der Waals surface area contributed by atoms with Gasteiger partial charge in [0.2, 0.25) is 0 Å². The molecule has 0 bridgehead atoms. The van der Waals surface area contributed by atoms with E-state index in [9.17, 15) is 19.0 Å². The van der Waals surface area contributed by atoms with Crippen molar-refractivity contribution in [3.8, 4) is 0 Å². The lowest BCUT2D eigenvalue weighted by Gasteiger charge is -2.19. The number of rotatable bonds is 64. The van der Waals surface area contributed by atoms with E-state index < -0.39 is 32.5 Å². The first-order valence-corrected chi connectivity index (χ1v) is 37.4. The summed E-state index contributed by atoms with van der Waals surface area (Å²) in [4.78, 5) is 35.4. The molecule has 0 aliphatic heterocycles. The number of carbonyl (C=O) groups is 2. The Kier molecular flexibility index (Phi) is 70.3. The van der Waals surface area contributed by atoms with Crippen molar-refractivity contribution >= 4 is 19.8 Å². The van der Waals surface area contributed by atoms with Gasteiger partial charge in [-0.1, -0.05) is 303 Å². The van der Waals surface area contributed by atoms with Crippen LogP contribution >= 0.6 is 7.82 Å². The van der Waals surface area contributed by atoms with E-state index in [1.165, 1.54) is 12.8 Å². The van der Waals surface area contributed by atoms with E-state index in [0.29, 0.717) is 12.8 Å². The monoisotopic (exact) mass is 1300 g/mol. The summed E-state index contributed by atoms with van der Waals surface area (Å²) in [7, 11) is -4.42. The fourth-order valence-electron chi connectivity index (χ4n) is 8.83. The van der Waals surface area contributed by atoms with E-state index >= 15 is 0 Å². The Balaban J connectivity index is 4.05. The molecule has 0 aliphatic carbocycles. The van der Waals surface area contributed by atoms with E-state index in [0.717, 1.165) is 193 Å². The highest BCUT2D eigenvalue weighted by Gasteiger charge is 2.26. The maximum absolute atomic E-state index is 12.8. The second kappa shape index (κ2) is 75.1. The van der Waals surface area contributed by atoms with Crippen molar-refractivity contribution in [1.29, 1.82) is 0 Å². The molecule has 10 heteroatoms. The molecule has 0 aromatic heterocycles. The van der Waals surface area contributed by atoms with Crippen LogP contribution in [0.15, 0.2) is 231 Å². The summed E-state index contributed by atoms with van der Waals surface area (Å²) in [6.45, 7) is 3.46. The number of unbranched alkanes of at least 4 members (excludes halogenated alkanes) is 13. The standard InChI is InChI=1S/C83H128NO8P/c1-3-5-7-9-11-13-15-17-19-21-23-25-27-29-31-33-35-36-37-38-39-40-41-42-43-44-46-48-50-52-54-56-58-60-62-64-66-68-70-72-74-76-83(86)92-81(80-91-93(87,88)90-78-77-84)79-89-82(85)75-73-71-69-67-65-63-61-59-57-55-53-51-49-47-45-34-32-30-28-26-24-22-20-18-16-14-12-10-8-6-4-2/h5-8,11-14,17-20,23-26,29-32,35-36,38-39,41-42,44-47,50-53,56-59,81H,3-4,9-10,15-16,21-22,27-28,33-34,37,40,43,48-49,54-55,60-80,84H2,1-2H3,(H,87,88)/b7-5-,8-6-,13-11-,14-12-,19-17-,20-18-,25-23-,26-24-,31-29-,32-30-,36-35-,39-38-,42-41-,46-44-,47-45-,52-50-,53-51-,58-56-,59-57-. The average molecular weight is 1300 g/mol. The summed E-state index contributed by atoms with van der Waals surface area (Å²) in [5.41, 5.74) is 5.40. The minimum absolute atomic E-state index is 0.0365. The third kappa shape index (κ3) is 75.0. The van der Waals surface area contributed by atoms with Gasteiger partial charge in [0, 0.05) is 19.4 Å². The van der Waals surface area contributed by atoms with Crippen molar-refractivity contribution in [3.63, 3.8) is 0 Å². The van der Waals surface area contributed by atoms with Crippen molar-refractivity contribution in [2.45, 2.75) is 251 Å². The van der Waals surface area contributed by atoms with Gasteiger partial charge in [0.15, 0.2) is 6.10 Å². The van der Waals surface area contributed by atoms with Crippen molar-refractivity contribution in [3.05, 3.63) is 231 Å². The molecule has 2 atom stereocenters. The van der Waals surface area contributed by atoms with Gasteiger partial charge in [0.05, 0.1) is 13.2 Å². The molecule has 0 rings (SSSR count). The van der Waals surface area contributed by atoms with Gasteiger partial charge in [-0.2, -0.15) is 0 Å². The molecule has 93 heavy (non-hydrogen) atoms. The van der Waals surface area contributed by atoms with Gasteiger partial charge in [-0.15, -0.1) is 0 Å². The summed E-state index contributed by atoms with van der Waals surface area (Å²) in [5.74, 6) is -0.875. The van der Waals surface area contributed by atoms with Crippen LogP contribution in [0.2, 0.25) is 0 Å². The van der Waals surface area contributed by atoms with Crippen LogP contribution in [0.4, 0.5) is 0 Å². The van der Waals surface area contributed by atoms with Crippen LogP contribution in [0.25, 0.3) is 0 Å². The minimum Gasteiger partial charge on any atom is -0.462 e. The maximum atomic E-state index is 12.8. The number of hydrogen-bond acceptors (Lipinski definition) is 8. The lowest BCUT2D eigenvalue weighted by molar-refractivity contribution is -0.161. The van der Waals surface area contributed by atoms with E-state index in [1.54, 1.807) is 0 Å². The smallest absolute Gasteiger partial charge is 0.462 e. The summed E-state index contributed by atoms with van der Waals surface area (Å²) in [6, 6.07) is 0. The molecule has 0 spiro atoms. The third-order valence-electron chi connectivity index (χ3n) is 14.0. The number of hydrogen-bond donors (Lipinski definition) is 2. The highest BCUT2D eigenvalue weighted by atomic mass is 31.2. The summed E-state index contributed by atoms with van der Waals surface area (Å²) >= 11 is 0. The Hall–Kier alpha value is -5.93. The van der Waals surface area contributed by atoms with Crippen molar-refractivity contribution < 1.29 is 37.6 Å². The second-order valence-corrected chi connectivity index (χ2v) is 24.1. The quantitative estimate of drug-likeness (QED) is 0.0264. The Morgan fingerprint density at radius 2 is 0.559 bits per heavy atom. The Labute approximate surface area is 568 Å². The van der Waals surface area contributed by atoms with Crippen molar-refractivity contribution in [2.75, 3.05) is 26.4 Å². The molecule has 0 radical (unpaired) electrons. The molecule has 2 unspecified atom stereocenters. The van der Waals surface area contributed by atoms with Crippen LogP contribution in [-0.4, -0.2) is 49.3 Å². The van der Waals surface area contributed by atoms with Gasteiger partial charge in [-0.3, -0.25) is 18.6 Å². The first kappa shape index (κ1) is 87.1. The first-order valence-electron chi connectivity index (χ1n) is 35.9. The Morgan fingerprint density at radius 1 is 0.323 bits per heavy atom. The van der Waals surface area contributed by atoms with E-state index in [-0.39, 0.29) is 32.6 Å². The average Bonchev–Trinajstić information content (AvgIpc) is 3.49. The maximum Gasteiger partial charge on any atom is 0.472 e. The first-order chi connectivity index (χ1) is 45.8. The fourth-order valence-corrected chi connectivity index (χ4v) is 9.60. The number of phosphoric ester groups is 1. The molecular formula is C83H128NO8P. The lowest BCUT2D eigenvalue weighted by Crippen LogP contribution is -2.29. The number of phosphoric acid groups is 1. The van der Waals surface area contributed by atoms with Crippen LogP contribution in [0.3, 0.4) is 0 Å². The highest BCUT2D eigenvalue weighted by molar-refractivity contribution is 7.47. The van der Waals surface area contributed by atoms with Gasteiger partial charge in [0.1, 0.15) is 6.61 Å². The summed E-state index contributed by atoms with van der Waals surface area (Å²) in [5, 5.41) is 0. The molecule has 0 aliphatic rings. The van der Waals surface area contributed by atoms with E-state index in [2.05, 4.69) is 245 Å². The van der Waals surface area contributed by atoms with Crippen LogP contribution in [0.1, 0.15) is 245 Å². The molecule has 0 saturated carbocycles. The molecule has 3 N–H and O–H groups in total. The summed E-state index contributed by atoms with van der Waals surface area (Å²) in [6.07, 6.45) is 118. The Morgan fingerprint density at radius 3 is 0.828 bits per heavy atom. The molecule has 0 heterocycles. The normalized spacial score (nSPS) is 14.3. The van der Waals surface area contributed by atoms with Gasteiger partial charge < -0.3 is 20.1 Å². The molecule has 0 fully saturated rings. The molecule has 9 nitrogen and oxygen atoms in total. The van der Waals surface area contributed by atoms with Crippen LogP contribution < -0.4 is 5.73 Å². The van der Waals surface area contributed by atoms with Crippen molar-refractivity contribution in [2.24, 2.45) is 5.73 Å². The number of allylic oxidation sites excluding steroid dienone is 38. The molecule has 518 valence electrons. The SMILES string of the molecule is CC/C=C\C/C=C\C/C=C\C/C=C\C/C=C\C/C=C\C/C=C\C/C=C\C/C=C\C/C=C\C/C=C\CCCCCCCCCC(=O)OC(COC(=O)CCCCCCCC/C=C\C/C=C\C/C=C\C/C=C\C/C=C\C/C=C\C/C=C\C/C=C\CC)COP(=O)(O)OCCN. The van der Waals surface area contributed by atoms with E-state index in [4.69, 9.17) is 24.3 Å². The molecule has 0 aromatic rings. The lowest BCUT2D eigenvalue weighted by atomic mass is 10.1. The number of nitrogens with two attached hydrogens (primary N) is 1. The Bertz CT molecular complexity index is 2380. The van der Waals surface area contributed by atoms with Gasteiger partial charge in [0.25, 0.3) is 0 Å². The zero-order chi connectivity index (χ0) is 67.2. The van der Waals surface area contributed by atoms with Crippen molar-refractivity contribution in [1.82, 2.24) is 0 Å². The molecular weight excluding hydrogens is 1170 g/mol. The molecule has 0 amide bonds.